The van der Waals surface area contributed by atoms with Crippen molar-refractivity contribution in [1.82, 2.24) is 10.2 Å². The summed E-state index contributed by atoms with van der Waals surface area (Å²) in [5.74, 6) is 0.0724. The van der Waals surface area contributed by atoms with E-state index in [0.29, 0.717) is 13.0 Å². The van der Waals surface area contributed by atoms with Crippen molar-refractivity contribution in [3.05, 3.63) is 0 Å². The molecule has 1 aliphatic rings. The number of carbonyl (C=O) groups is 2. The molecule has 0 radical (unpaired) electrons. The molecule has 1 heterocycles. The Labute approximate surface area is 91.0 Å². The standard InChI is InChI=1S/C11H20N2O2/c1-4-7-9-10(14)12-8(5-2)11(15)13(9)6-3/h8-9H,4-7H2,1-3H3,(H,12,14). The van der Waals surface area contributed by atoms with Gasteiger partial charge in [-0.15, -0.1) is 0 Å². The predicted molar refractivity (Wildman–Crippen MR) is 58.3 cm³/mol. The van der Waals surface area contributed by atoms with Crippen LogP contribution in [0.4, 0.5) is 0 Å². The molecule has 1 fully saturated rings. The monoisotopic (exact) mass is 212 g/mol. The first-order valence-corrected chi connectivity index (χ1v) is 5.76. The van der Waals surface area contributed by atoms with E-state index in [2.05, 4.69) is 5.32 Å². The highest BCUT2D eigenvalue weighted by Gasteiger charge is 2.37. The lowest BCUT2D eigenvalue weighted by atomic mass is 10.0. The van der Waals surface area contributed by atoms with Gasteiger partial charge in [-0.1, -0.05) is 20.3 Å². The van der Waals surface area contributed by atoms with Crippen molar-refractivity contribution in [2.75, 3.05) is 6.54 Å². The Morgan fingerprint density at radius 1 is 1.27 bits per heavy atom. The van der Waals surface area contributed by atoms with Crippen LogP contribution in [0, 0.1) is 0 Å². The van der Waals surface area contributed by atoms with Gasteiger partial charge in [0, 0.05) is 6.54 Å². The van der Waals surface area contributed by atoms with Gasteiger partial charge in [0.05, 0.1) is 0 Å². The molecule has 0 aromatic heterocycles. The number of likely N-dealkylation sites (N-methyl/N-ethyl adjacent to an activating group) is 1. The van der Waals surface area contributed by atoms with Crippen molar-refractivity contribution in [2.45, 2.75) is 52.1 Å². The molecule has 1 aliphatic heterocycles. The highest BCUT2D eigenvalue weighted by molar-refractivity contribution is 5.96. The lowest BCUT2D eigenvalue weighted by molar-refractivity contribution is -0.149. The van der Waals surface area contributed by atoms with Crippen LogP contribution in [0.1, 0.15) is 40.0 Å². The molecule has 0 aromatic carbocycles. The average Bonchev–Trinajstić information content (AvgIpc) is 2.23. The highest BCUT2D eigenvalue weighted by atomic mass is 16.2. The van der Waals surface area contributed by atoms with Gasteiger partial charge in [-0.25, -0.2) is 0 Å². The normalized spacial score (nSPS) is 26.7. The first-order valence-electron chi connectivity index (χ1n) is 5.76. The van der Waals surface area contributed by atoms with Gasteiger partial charge in [-0.2, -0.15) is 0 Å². The molecule has 0 spiro atoms. The number of nitrogens with one attached hydrogen (secondary N) is 1. The van der Waals surface area contributed by atoms with Crippen LogP contribution in [0.15, 0.2) is 0 Å². The van der Waals surface area contributed by atoms with Crippen LogP contribution in [0.5, 0.6) is 0 Å². The molecular formula is C11H20N2O2. The van der Waals surface area contributed by atoms with Crippen LogP contribution in [-0.2, 0) is 9.59 Å². The van der Waals surface area contributed by atoms with E-state index in [4.69, 9.17) is 0 Å². The number of hydrogen-bond acceptors (Lipinski definition) is 2. The third-order valence-electron chi connectivity index (χ3n) is 2.89. The minimum atomic E-state index is -0.314. The quantitative estimate of drug-likeness (QED) is 0.753. The summed E-state index contributed by atoms with van der Waals surface area (Å²) in [4.78, 5) is 25.4. The molecule has 1 saturated heterocycles. The van der Waals surface area contributed by atoms with Crippen molar-refractivity contribution in [3.8, 4) is 0 Å². The maximum atomic E-state index is 11.9. The minimum absolute atomic E-state index is 0.00477. The molecule has 1 rings (SSSR count). The van der Waals surface area contributed by atoms with Gasteiger partial charge in [-0.3, -0.25) is 9.59 Å². The zero-order chi connectivity index (χ0) is 11.4. The lowest BCUT2D eigenvalue weighted by Crippen LogP contribution is -2.62. The fourth-order valence-corrected chi connectivity index (χ4v) is 2.04. The van der Waals surface area contributed by atoms with E-state index in [1.165, 1.54) is 0 Å². The van der Waals surface area contributed by atoms with Crippen LogP contribution < -0.4 is 5.32 Å². The lowest BCUT2D eigenvalue weighted by Gasteiger charge is -2.38. The molecule has 0 saturated carbocycles. The topological polar surface area (TPSA) is 49.4 Å². The molecule has 2 unspecified atom stereocenters. The van der Waals surface area contributed by atoms with Crippen molar-refractivity contribution in [3.63, 3.8) is 0 Å². The van der Waals surface area contributed by atoms with E-state index in [1.807, 2.05) is 20.8 Å². The summed E-state index contributed by atoms with van der Waals surface area (Å²) in [5.41, 5.74) is 0. The highest BCUT2D eigenvalue weighted by Crippen LogP contribution is 2.15. The van der Waals surface area contributed by atoms with Gasteiger partial charge in [0.2, 0.25) is 11.8 Å². The number of carbonyl (C=O) groups excluding carboxylic acids is 2. The fraction of sp³-hybridized carbons (Fsp3) is 0.818. The Morgan fingerprint density at radius 2 is 1.93 bits per heavy atom. The second-order valence-corrected chi connectivity index (χ2v) is 3.90. The van der Waals surface area contributed by atoms with Crippen molar-refractivity contribution < 1.29 is 9.59 Å². The molecule has 2 atom stereocenters. The fourth-order valence-electron chi connectivity index (χ4n) is 2.04. The SMILES string of the molecule is CCCC1C(=O)NC(CC)C(=O)N1CC. The van der Waals surface area contributed by atoms with E-state index < -0.39 is 0 Å². The Morgan fingerprint density at radius 3 is 2.40 bits per heavy atom. The molecule has 2 amide bonds. The maximum Gasteiger partial charge on any atom is 0.245 e. The Balaban J connectivity index is 2.81. The molecular weight excluding hydrogens is 192 g/mol. The van der Waals surface area contributed by atoms with E-state index in [1.54, 1.807) is 4.90 Å². The van der Waals surface area contributed by atoms with Crippen LogP contribution in [0.25, 0.3) is 0 Å². The van der Waals surface area contributed by atoms with Gasteiger partial charge >= 0.3 is 0 Å². The summed E-state index contributed by atoms with van der Waals surface area (Å²) >= 11 is 0. The molecule has 4 nitrogen and oxygen atoms in total. The van der Waals surface area contributed by atoms with Gasteiger partial charge in [0.25, 0.3) is 0 Å². The smallest absolute Gasteiger partial charge is 0.245 e. The third kappa shape index (κ3) is 2.30. The van der Waals surface area contributed by atoms with E-state index >= 15 is 0 Å². The summed E-state index contributed by atoms with van der Waals surface area (Å²) in [7, 11) is 0. The average molecular weight is 212 g/mol. The summed E-state index contributed by atoms with van der Waals surface area (Å²) in [6.07, 6.45) is 2.33. The maximum absolute atomic E-state index is 11.9. The summed E-state index contributed by atoms with van der Waals surface area (Å²) in [6.45, 7) is 6.48. The Hall–Kier alpha value is -1.06. The van der Waals surface area contributed by atoms with Gasteiger partial charge in [0.1, 0.15) is 12.1 Å². The second kappa shape index (κ2) is 5.14. The first-order chi connectivity index (χ1) is 7.15. The summed E-state index contributed by atoms with van der Waals surface area (Å²) < 4.78 is 0. The summed E-state index contributed by atoms with van der Waals surface area (Å²) in [6, 6.07) is -0.569. The van der Waals surface area contributed by atoms with Crippen molar-refractivity contribution in [1.29, 1.82) is 0 Å². The molecule has 0 aliphatic carbocycles. The molecule has 4 heteroatoms. The van der Waals surface area contributed by atoms with Crippen LogP contribution >= 0.6 is 0 Å². The van der Waals surface area contributed by atoms with Gasteiger partial charge < -0.3 is 10.2 Å². The van der Waals surface area contributed by atoms with Crippen LogP contribution in [0.3, 0.4) is 0 Å². The molecule has 86 valence electrons. The van der Waals surface area contributed by atoms with Gasteiger partial charge in [0.15, 0.2) is 0 Å². The summed E-state index contributed by atoms with van der Waals surface area (Å²) in [5, 5.41) is 2.78. The second-order valence-electron chi connectivity index (χ2n) is 3.90. The van der Waals surface area contributed by atoms with E-state index in [-0.39, 0.29) is 23.9 Å². The van der Waals surface area contributed by atoms with Crippen molar-refractivity contribution >= 4 is 11.8 Å². The number of nitrogens with zero attached hydrogens (tertiary/aromatic N) is 1. The number of piperazine rings is 1. The van der Waals surface area contributed by atoms with Crippen LogP contribution in [0.2, 0.25) is 0 Å². The molecule has 15 heavy (non-hydrogen) atoms. The van der Waals surface area contributed by atoms with E-state index in [9.17, 15) is 9.59 Å². The van der Waals surface area contributed by atoms with Crippen molar-refractivity contribution in [2.24, 2.45) is 0 Å². The van der Waals surface area contributed by atoms with Crippen LogP contribution in [-0.4, -0.2) is 35.3 Å². The predicted octanol–water partition coefficient (Wildman–Crippen LogP) is 0.912. The Bertz CT molecular complexity index is 253. The Kier molecular flexibility index (Phi) is 4.12. The molecule has 1 N–H and O–H groups in total. The molecule has 0 aromatic rings. The number of hydrogen-bond donors (Lipinski definition) is 1. The molecule has 0 bridgehead atoms. The van der Waals surface area contributed by atoms with E-state index in [0.717, 1.165) is 12.8 Å². The van der Waals surface area contributed by atoms with Gasteiger partial charge in [-0.05, 0) is 19.8 Å². The zero-order valence-corrected chi connectivity index (χ0v) is 9.75. The number of rotatable bonds is 4. The third-order valence-corrected chi connectivity index (χ3v) is 2.89. The minimum Gasteiger partial charge on any atom is -0.343 e. The first kappa shape index (κ1) is 12.0. The zero-order valence-electron chi connectivity index (χ0n) is 9.75. The largest absolute Gasteiger partial charge is 0.343 e. The number of amides is 2.